The molecule has 0 amide bonds. The van der Waals surface area contributed by atoms with Crippen LogP contribution < -0.4 is 19.6 Å². The largest absolute Gasteiger partial charge is 0.490 e. The molecule has 0 atom stereocenters. The monoisotopic (exact) mass is 427 g/mol. The Morgan fingerprint density at radius 1 is 1.07 bits per heavy atom. The van der Waals surface area contributed by atoms with Gasteiger partial charge in [-0.05, 0) is 61.9 Å². The molecule has 0 spiro atoms. The third kappa shape index (κ3) is 3.97. The van der Waals surface area contributed by atoms with Gasteiger partial charge >= 0.3 is 0 Å². The number of fused-ring (bicyclic) bond motifs is 1. The lowest BCUT2D eigenvalue weighted by Gasteiger charge is -2.11. The summed E-state index contributed by atoms with van der Waals surface area (Å²) in [6.07, 6.45) is 1.81. The van der Waals surface area contributed by atoms with E-state index in [1.54, 1.807) is 12.1 Å². The maximum absolute atomic E-state index is 12.8. The number of aromatic nitrogens is 3. The molecule has 4 rings (SSSR count). The zero-order valence-electron chi connectivity index (χ0n) is 15.9. The molecule has 29 heavy (non-hydrogen) atoms. The van der Waals surface area contributed by atoms with Crippen molar-refractivity contribution < 1.29 is 9.47 Å². The first-order valence-corrected chi connectivity index (χ1v) is 10.4. The zero-order chi connectivity index (χ0) is 20.4. The van der Waals surface area contributed by atoms with Crippen molar-refractivity contribution in [3.05, 3.63) is 67.9 Å². The first-order valence-electron chi connectivity index (χ1n) is 9.16. The van der Waals surface area contributed by atoms with Crippen molar-refractivity contribution in [3.8, 4) is 22.9 Å². The number of halogens is 1. The molecule has 0 unspecified atom stereocenters. The van der Waals surface area contributed by atoms with E-state index in [-0.39, 0.29) is 5.56 Å². The molecule has 8 heteroatoms. The van der Waals surface area contributed by atoms with Gasteiger partial charge in [-0.1, -0.05) is 29.0 Å². The Labute approximate surface area is 176 Å². The van der Waals surface area contributed by atoms with E-state index in [0.29, 0.717) is 45.1 Å². The van der Waals surface area contributed by atoms with E-state index in [9.17, 15) is 4.79 Å². The molecule has 2 heterocycles. The van der Waals surface area contributed by atoms with Crippen LogP contribution in [-0.2, 0) is 0 Å². The topological polar surface area (TPSA) is 65.7 Å². The molecule has 2 aromatic carbocycles. The van der Waals surface area contributed by atoms with Crippen LogP contribution in [0.4, 0.5) is 0 Å². The smallest absolute Gasteiger partial charge is 0.291 e. The lowest BCUT2D eigenvalue weighted by molar-refractivity contribution is 0.287. The number of hydrogen-bond donors (Lipinski definition) is 0. The summed E-state index contributed by atoms with van der Waals surface area (Å²) in [7, 11) is 0. The number of rotatable bonds is 6. The molecule has 0 N–H and O–H groups in total. The summed E-state index contributed by atoms with van der Waals surface area (Å²) in [6, 6.07) is 12.8. The molecule has 148 valence electrons. The van der Waals surface area contributed by atoms with E-state index < -0.39 is 0 Å². The fourth-order valence-corrected chi connectivity index (χ4v) is 3.90. The second-order valence-corrected chi connectivity index (χ2v) is 7.57. The van der Waals surface area contributed by atoms with Gasteiger partial charge in [0.15, 0.2) is 17.3 Å². The summed E-state index contributed by atoms with van der Waals surface area (Å²) in [5.41, 5.74) is 1.45. The second-order valence-electron chi connectivity index (χ2n) is 6.12. The Morgan fingerprint density at radius 2 is 1.79 bits per heavy atom. The Balaban J connectivity index is 1.72. The SMILES string of the molecule is CCOc1ccc(C=c2sc3nc(-c4ccc(Cl)cc4)nn3c2=O)cc1OCC. The summed E-state index contributed by atoms with van der Waals surface area (Å²) >= 11 is 7.22. The molecule has 2 aromatic heterocycles. The fraction of sp³-hybridized carbons (Fsp3) is 0.190. The van der Waals surface area contributed by atoms with Gasteiger partial charge in [0.1, 0.15) is 0 Å². The quantitative estimate of drug-likeness (QED) is 0.468. The maximum Gasteiger partial charge on any atom is 0.291 e. The average molecular weight is 428 g/mol. The van der Waals surface area contributed by atoms with E-state index >= 15 is 0 Å². The predicted molar refractivity (Wildman–Crippen MR) is 115 cm³/mol. The Morgan fingerprint density at radius 3 is 2.48 bits per heavy atom. The van der Waals surface area contributed by atoms with Crippen molar-refractivity contribution in [1.29, 1.82) is 0 Å². The summed E-state index contributed by atoms with van der Waals surface area (Å²) in [4.78, 5) is 17.8. The van der Waals surface area contributed by atoms with Crippen molar-refractivity contribution in [1.82, 2.24) is 14.6 Å². The summed E-state index contributed by atoms with van der Waals surface area (Å²) in [5.74, 6) is 1.83. The van der Waals surface area contributed by atoms with Crippen LogP contribution in [-0.4, -0.2) is 27.8 Å². The predicted octanol–water partition coefficient (Wildman–Crippen LogP) is 3.82. The van der Waals surface area contributed by atoms with Crippen molar-refractivity contribution in [2.24, 2.45) is 0 Å². The first-order chi connectivity index (χ1) is 14.1. The second kappa shape index (κ2) is 8.23. The minimum absolute atomic E-state index is 0.204. The van der Waals surface area contributed by atoms with E-state index in [0.717, 1.165) is 11.1 Å². The highest BCUT2D eigenvalue weighted by molar-refractivity contribution is 7.15. The molecule has 0 fully saturated rings. The van der Waals surface area contributed by atoms with Gasteiger partial charge in [0.2, 0.25) is 4.96 Å². The zero-order valence-corrected chi connectivity index (χ0v) is 17.5. The standard InChI is InChI=1S/C21H18ClN3O3S/c1-3-27-16-10-5-13(11-17(16)28-4-2)12-18-20(26)25-21(29-18)23-19(24-25)14-6-8-15(22)9-7-14/h5-12H,3-4H2,1-2H3. The molecule has 0 aliphatic rings. The Hall–Kier alpha value is -2.90. The molecular formula is C21H18ClN3O3S. The van der Waals surface area contributed by atoms with Gasteiger partial charge in [0, 0.05) is 10.6 Å². The van der Waals surface area contributed by atoms with Crippen LogP contribution in [0.2, 0.25) is 5.02 Å². The molecule has 0 aliphatic carbocycles. The summed E-state index contributed by atoms with van der Waals surface area (Å²) < 4.78 is 13.1. The highest BCUT2D eigenvalue weighted by Crippen LogP contribution is 2.28. The first kappa shape index (κ1) is 19.4. The van der Waals surface area contributed by atoms with Crippen molar-refractivity contribution in [2.75, 3.05) is 13.2 Å². The van der Waals surface area contributed by atoms with Crippen LogP contribution in [0.15, 0.2) is 47.3 Å². The number of ether oxygens (including phenoxy) is 2. The van der Waals surface area contributed by atoms with Crippen molar-refractivity contribution >= 4 is 34.0 Å². The molecule has 0 bridgehead atoms. The van der Waals surface area contributed by atoms with E-state index in [2.05, 4.69) is 10.1 Å². The number of hydrogen-bond acceptors (Lipinski definition) is 6. The number of nitrogens with zero attached hydrogens (tertiary/aromatic N) is 3. The average Bonchev–Trinajstić information content (AvgIpc) is 3.25. The van der Waals surface area contributed by atoms with Gasteiger partial charge in [-0.15, -0.1) is 5.10 Å². The maximum atomic E-state index is 12.8. The summed E-state index contributed by atoms with van der Waals surface area (Å²) in [5, 5.41) is 4.99. The van der Waals surface area contributed by atoms with Crippen LogP contribution in [0.3, 0.4) is 0 Å². The van der Waals surface area contributed by atoms with Crippen LogP contribution in [0, 0.1) is 0 Å². The third-order valence-electron chi connectivity index (χ3n) is 4.15. The van der Waals surface area contributed by atoms with Crippen LogP contribution in [0.1, 0.15) is 19.4 Å². The van der Waals surface area contributed by atoms with Crippen molar-refractivity contribution in [2.45, 2.75) is 13.8 Å². The lowest BCUT2D eigenvalue weighted by atomic mass is 10.2. The minimum Gasteiger partial charge on any atom is -0.490 e. The van der Waals surface area contributed by atoms with Crippen molar-refractivity contribution in [3.63, 3.8) is 0 Å². The van der Waals surface area contributed by atoms with Gasteiger partial charge in [-0.25, -0.2) is 0 Å². The lowest BCUT2D eigenvalue weighted by Crippen LogP contribution is -2.23. The van der Waals surface area contributed by atoms with Gasteiger partial charge < -0.3 is 9.47 Å². The third-order valence-corrected chi connectivity index (χ3v) is 5.36. The molecule has 0 aliphatic heterocycles. The van der Waals surface area contributed by atoms with Crippen LogP contribution in [0.5, 0.6) is 11.5 Å². The Bertz CT molecular complexity index is 1270. The minimum atomic E-state index is -0.204. The Kier molecular flexibility index (Phi) is 5.51. The van der Waals surface area contributed by atoms with E-state index in [1.807, 2.05) is 50.3 Å². The molecule has 4 aromatic rings. The molecule has 0 radical (unpaired) electrons. The van der Waals surface area contributed by atoms with Crippen LogP contribution in [0.25, 0.3) is 22.4 Å². The van der Waals surface area contributed by atoms with E-state index in [4.69, 9.17) is 21.1 Å². The molecular weight excluding hydrogens is 410 g/mol. The van der Waals surface area contributed by atoms with Gasteiger partial charge in [0.05, 0.1) is 17.7 Å². The van der Waals surface area contributed by atoms with Gasteiger partial charge in [0.25, 0.3) is 5.56 Å². The highest BCUT2D eigenvalue weighted by Gasteiger charge is 2.12. The molecule has 6 nitrogen and oxygen atoms in total. The normalized spacial score (nSPS) is 11.9. The van der Waals surface area contributed by atoms with E-state index in [1.165, 1.54) is 15.9 Å². The van der Waals surface area contributed by atoms with Crippen LogP contribution >= 0.6 is 22.9 Å². The molecule has 0 saturated heterocycles. The number of benzene rings is 2. The van der Waals surface area contributed by atoms with Gasteiger partial charge in [-0.2, -0.15) is 9.50 Å². The van der Waals surface area contributed by atoms with Gasteiger partial charge in [-0.3, -0.25) is 4.79 Å². The number of thiazole rings is 1. The highest BCUT2D eigenvalue weighted by atomic mass is 35.5. The fourth-order valence-electron chi connectivity index (χ4n) is 2.86. The molecule has 0 saturated carbocycles. The summed E-state index contributed by atoms with van der Waals surface area (Å²) in [6.45, 7) is 4.92.